The summed E-state index contributed by atoms with van der Waals surface area (Å²) in [5, 5.41) is 13.4. The van der Waals surface area contributed by atoms with Gasteiger partial charge in [-0.2, -0.15) is 17.9 Å². The molecule has 9 heteroatoms. The molecule has 0 unspecified atom stereocenters. The second-order valence-corrected chi connectivity index (χ2v) is 5.59. The lowest BCUT2D eigenvalue weighted by molar-refractivity contribution is 0.527. The summed E-state index contributed by atoms with van der Waals surface area (Å²) in [6.45, 7) is 0. The number of aromatic amines is 1. The molecule has 96 valence electrons. The molecule has 0 atom stereocenters. The average Bonchev–Trinajstić information content (AvgIpc) is 2.82. The van der Waals surface area contributed by atoms with Gasteiger partial charge in [-0.3, -0.25) is 4.72 Å². The smallest absolute Gasteiger partial charge is 0.271 e. The van der Waals surface area contributed by atoms with Crippen molar-refractivity contribution >= 4 is 15.9 Å². The Morgan fingerprint density at radius 1 is 1.33 bits per heavy atom. The van der Waals surface area contributed by atoms with Crippen molar-refractivity contribution in [2.75, 3.05) is 18.8 Å². The summed E-state index contributed by atoms with van der Waals surface area (Å²) in [4.78, 5) is 0. The molecule has 0 fully saturated rings. The lowest BCUT2D eigenvalue weighted by Gasteiger charge is -2.13. The largest absolute Gasteiger partial charge is 0.301 e. The number of nitrogens with one attached hydrogen (secondary N) is 2. The van der Waals surface area contributed by atoms with Gasteiger partial charge in [0.25, 0.3) is 0 Å². The molecule has 0 saturated heterocycles. The Balaban J connectivity index is 2.29. The Morgan fingerprint density at radius 2 is 2.11 bits per heavy atom. The highest BCUT2D eigenvalue weighted by Crippen LogP contribution is 2.19. The van der Waals surface area contributed by atoms with Gasteiger partial charge >= 0.3 is 10.2 Å². The van der Waals surface area contributed by atoms with E-state index in [1.807, 2.05) is 0 Å². The minimum atomic E-state index is -3.52. The van der Waals surface area contributed by atoms with Gasteiger partial charge in [0.05, 0.1) is 5.69 Å². The van der Waals surface area contributed by atoms with Crippen molar-refractivity contribution in [3.8, 4) is 11.4 Å². The molecule has 0 saturated carbocycles. The van der Waals surface area contributed by atoms with Crippen molar-refractivity contribution in [2.45, 2.75) is 0 Å². The molecule has 0 spiro atoms. The van der Waals surface area contributed by atoms with Crippen LogP contribution in [-0.2, 0) is 10.2 Å². The van der Waals surface area contributed by atoms with E-state index in [0.29, 0.717) is 17.1 Å². The van der Waals surface area contributed by atoms with Crippen LogP contribution < -0.4 is 4.72 Å². The standard InChI is InChI=1S/C9H12N6O2S/c1-15(2)18(16,17)12-8-5-3-4-7(6-8)9-10-13-14-11-9/h3-6,12H,1-2H3,(H,10,11,13,14). The fourth-order valence-electron chi connectivity index (χ4n) is 1.25. The maximum absolute atomic E-state index is 11.7. The third-order valence-corrected chi connectivity index (χ3v) is 3.65. The third-order valence-electron chi connectivity index (χ3n) is 2.19. The number of hydrogen-bond donors (Lipinski definition) is 2. The molecule has 0 radical (unpaired) electrons. The number of anilines is 1. The second-order valence-electron chi connectivity index (χ2n) is 3.71. The minimum Gasteiger partial charge on any atom is -0.271 e. The number of tetrazole rings is 1. The molecule has 1 heterocycles. The summed E-state index contributed by atoms with van der Waals surface area (Å²) in [5.74, 6) is 0.404. The van der Waals surface area contributed by atoms with Gasteiger partial charge < -0.3 is 0 Å². The van der Waals surface area contributed by atoms with Gasteiger partial charge in [0.15, 0.2) is 0 Å². The van der Waals surface area contributed by atoms with Gasteiger partial charge in [-0.15, -0.1) is 10.2 Å². The summed E-state index contributed by atoms with van der Waals surface area (Å²) in [5.41, 5.74) is 1.11. The lowest BCUT2D eigenvalue weighted by Crippen LogP contribution is -2.28. The van der Waals surface area contributed by atoms with E-state index < -0.39 is 10.2 Å². The molecule has 1 aromatic heterocycles. The number of aromatic nitrogens is 4. The van der Waals surface area contributed by atoms with Gasteiger partial charge in [-0.05, 0) is 17.3 Å². The highest BCUT2D eigenvalue weighted by molar-refractivity contribution is 7.90. The summed E-state index contributed by atoms with van der Waals surface area (Å²) in [6.07, 6.45) is 0. The number of hydrogen-bond acceptors (Lipinski definition) is 5. The number of benzene rings is 1. The highest BCUT2D eigenvalue weighted by Gasteiger charge is 2.13. The Bertz CT molecular complexity index is 622. The molecule has 8 nitrogen and oxygen atoms in total. The van der Waals surface area contributed by atoms with Crippen LogP contribution in [0.5, 0.6) is 0 Å². The number of H-pyrrole nitrogens is 1. The fraction of sp³-hybridized carbons (Fsp3) is 0.222. The summed E-state index contributed by atoms with van der Waals surface area (Å²) < 4.78 is 26.8. The Labute approximate surface area is 104 Å². The average molecular weight is 268 g/mol. The quantitative estimate of drug-likeness (QED) is 0.817. The van der Waals surface area contributed by atoms with E-state index in [0.717, 1.165) is 4.31 Å². The fourth-order valence-corrected chi connectivity index (χ4v) is 1.85. The molecule has 18 heavy (non-hydrogen) atoms. The molecule has 0 amide bonds. The van der Waals surface area contributed by atoms with Crippen LogP contribution in [0.2, 0.25) is 0 Å². The monoisotopic (exact) mass is 268 g/mol. The van der Waals surface area contributed by atoms with Gasteiger partial charge in [0.2, 0.25) is 5.82 Å². The molecular formula is C9H12N6O2S. The SMILES string of the molecule is CN(C)S(=O)(=O)Nc1cccc(-c2nn[nH]n2)c1. The first-order chi connectivity index (χ1) is 8.49. The zero-order valence-corrected chi connectivity index (χ0v) is 10.6. The van der Waals surface area contributed by atoms with Crippen LogP contribution in [0.15, 0.2) is 24.3 Å². The summed E-state index contributed by atoms with van der Waals surface area (Å²) in [6, 6.07) is 6.74. The molecule has 0 aliphatic rings. The van der Waals surface area contributed by atoms with Crippen molar-refractivity contribution < 1.29 is 8.42 Å². The van der Waals surface area contributed by atoms with Crippen molar-refractivity contribution in [3.63, 3.8) is 0 Å². The Hall–Kier alpha value is -2.00. The molecule has 2 rings (SSSR count). The lowest BCUT2D eigenvalue weighted by atomic mass is 10.2. The third kappa shape index (κ3) is 2.63. The molecule has 1 aromatic carbocycles. The van der Waals surface area contributed by atoms with Crippen LogP contribution in [-0.4, -0.2) is 47.4 Å². The Morgan fingerprint density at radius 3 is 2.72 bits per heavy atom. The van der Waals surface area contributed by atoms with Crippen molar-refractivity contribution in [1.82, 2.24) is 24.9 Å². The molecule has 2 N–H and O–H groups in total. The predicted molar refractivity (Wildman–Crippen MR) is 65.8 cm³/mol. The molecule has 0 aliphatic carbocycles. The Kier molecular flexibility index (Phi) is 3.26. The normalized spacial score (nSPS) is 11.7. The van der Waals surface area contributed by atoms with E-state index >= 15 is 0 Å². The van der Waals surface area contributed by atoms with Gasteiger partial charge in [-0.1, -0.05) is 12.1 Å². The summed E-state index contributed by atoms with van der Waals surface area (Å²) >= 11 is 0. The second kappa shape index (κ2) is 4.70. The maximum atomic E-state index is 11.7. The van der Waals surface area contributed by atoms with Crippen LogP contribution in [0, 0.1) is 0 Å². The number of rotatable bonds is 4. The maximum Gasteiger partial charge on any atom is 0.301 e. The zero-order valence-electron chi connectivity index (χ0n) is 9.82. The first-order valence-corrected chi connectivity index (χ1v) is 6.47. The van der Waals surface area contributed by atoms with Gasteiger partial charge in [-0.25, -0.2) is 0 Å². The highest BCUT2D eigenvalue weighted by atomic mass is 32.2. The summed E-state index contributed by atoms with van der Waals surface area (Å²) in [7, 11) is -0.618. The topological polar surface area (TPSA) is 104 Å². The van der Waals surface area contributed by atoms with E-state index in [1.54, 1.807) is 24.3 Å². The minimum absolute atomic E-state index is 0.404. The van der Waals surface area contributed by atoms with E-state index in [4.69, 9.17) is 0 Å². The molecule has 0 bridgehead atoms. The van der Waals surface area contributed by atoms with E-state index in [-0.39, 0.29) is 0 Å². The number of nitrogens with zero attached hydrogens (tertiary/aromatic N) is 4. The van der Waals surface area contributed by atoms with Crippen LogP contribution >= 0.6 is 0 Å². The molecular weight excluding hydrogens is 256 g/mol. The zero-order chi connectivity index (χ0) is 13.2. The van der Waals surface area contributed by atoms with Crippen LogP contribution in [0.1, 0.15) is 0 Å². The first kappa shape index (κ1) is 12.5. The molecule has 0 aliphatic heterocycles. The van der Waals surface area contributed by atoms with Crippen molar-refractivity contribution in [2.24, 2.45) is 0 Å². The van der Waals surface area contributed by atoms with Crippen LogP contribution in [0.4, 0.5) is 5.69 Å². The van der Waals surface area contributed by atoms with Gasteiger partial charge in [0.1, 0.15) is 0 Å². The predicted octanol–water partition coefficient (Wildman–Crippen LogP) is 0.0850. The van der Waals surface area contributed by atoms with Crippen LogP contribution in [0.25, 0.3) is 11.4 Å². The van der Waals surface area contributed by atoms with Gasteiger partial charge in [0, 0.05) is 19.7 Å². The van der Waals surface area contributed by atoms with Crippen molar-refractivity contribution in [3.05, 3.63) is 24.3 Å². The first-order valence-electron chi connectivity index (χ1n) is 5.03. The van der Waals surface area contributed by atoms with E-state index in [9.17, 15) is 8.42 Å². The van der Waals surface area contributed by atoms with Crippen molar-refractivity contribution in [1.29, 1.82) is 0 Å². The van der Waals surface area contributed by atoms with Crippen LogP contribution in [0.3, 0.4) is 0 Å². The molecule has 2 aromatic rings. The van der Waals surface area contributed by atoms with E-state index in [2.05, 4.69) is 25.3 Å². The van der Waals surface area contributed by atoms with E-state index in [1.165, 1.54) is 14.1 Å².